The second-order valence-electron chi connectivity index (χ2n) is 5.54. The molecule has 0 bridgehead atoms. The number of esters is 1. The van der Waals surface area contributed by atoms with E-state index in [0.717, 1.165) is 30.7 Å². The number of nitrogens with one attached hydrogen (secondary N) is 2. The highest BCUT2D eigenvalue weighted by molar-refractivity contribution is 5.85. The normalized spacial score (nSPS) is 16.1. The summed E-state index contributed by atoms with van der Waals surface area (Å²) in [4.78, 5) is 22.9. The minimum absolute atomic E-state index is 0. The molecule has 1 heterocycles. The number of ether oxygens (including phenoxy) is 2. The third-order valence-electron chi connectivity index (χ3n) is 3.79. The van der Waals surface area contributed by atoms with Crippen molar-refractivity contribution in [3.63, 3.8) is 0 Å². The lowest BCUT2D eigenvalue weighted by Crippen LogP contribution is -2.39. The van der Waals surface area contributed by atoms with Crippen LogP contribution in [0.3, 0.4) is 0 Å². The summed E-state index contributed by atoms with van der Waals surface area (Å²) in [5.74, 6) is 0.587. The molecule has 2 rings (SSSR count). The molecule has 1 aromatic carbocycles. The molecule has 24 heavy (non-hydrogen) atoms. The summed E-state index contributed by atoms with van der Waals surface area (Å²) in [7, 11) is 1.38. The van der Waals surface area contributed by atoms with Gasteiger partial charge in [0.1, 0.15) is 5.75 Å². The van der Waals surface area contributed by atoms with E-state index in [0.29, 0.717) is 26.0 Å². The number of carbonyl (C=O) groups excluding carboxylic acids is 2. The molecular formula is C17H25ClN2O4. The molecule has 1 saturated heterocycles. The second kappa shape index (κ2) is 10.9. The van der Waals surface area contributed by atoms with Gasteiger partial charge in [-0.3, -0.25) is 9.59 Å². The summed E-state index contributed by atoms with van der Waals surface area (Å²) in [6.45, 7) is 1.90. The van der Waals surface area contributed by atoms with Gasteiger partial charge in [-0.25, -0.2) is 0 Å². The van der Waals surface area contributed by atoms with Crippen molar-refractivity contribution in [2.24, 2.45) is 0 Å². The number of rotatable bonds is 8. The standard InChI is InChI=1S/C17H24N2O4.ClH/c1-22-16(20)5-3-11-23-14-8-6-13(7-9-14)12-19-17(21)15-4-2-10-18-15;/h6-9,15,18H,2-5,10-12H2,1H3,(H,19,21);1H. The Hall–Kier alpha value is -1.79. The minimum atomic E-state index is -0.226. The first-order valence-electron chi connectivity index (χ1n) is 7.98. The van der Waals surface area contributed by atoms with Crippen LogP contribution in [0.1, 0.15) is 31.2 Å². The van der Waals surface area contributed by atoms with Gasteiger partial charge in [0.25, 0.3) is 0 Å². The van der Waals surface area contributed by atoms with Crippen LogP contribution in [-0.2, 0) is 20.9 Å². The molecule has 1 aromatic rings. The summed E-state index contributed by atoms with van der Waals surface area (Å²) in [5, 5.41) is 6.12. The highest BCUT2D eigenvalue weighted by atomic mass is 35.5. The molecule has 2 N–H and O–H groups in total. The Morgan fingerprint density at radius 3 is 2.67 bits per heavy atom. The summed E-state index contributed by atoms with van der Waals surface area (Å²) in [6.07, 6.45) is 2.94. The molecule has 1 aliphatic heterocycles. The largest absolute Gasteiger partial charge is 0.494 e. The Bertz CT molecular complexity index is 516. The molecule has 6 nitrogen and oxygen atoms in total. The van der Waals surface area contributed by atoms with Crippen LogP contribution in [0.5, 0.6) is 5.75 Å². The molecule has 134 valence electrons. The van der Waals surface area contributed by atoms with Crippen molar-refractivity contribution in [2.75, 3.05) is 20.3 Å². The number of hydrogen-bond acceptors (Lipinski definition) is 5. The van der Waals surface area contributed by atoms with E-state index in [2.05, 4.69) is 15.4 Å². The first-order chi connectivity index (χ1) is 11.2. The minimum Gasteiger partial charge on any atom is -0.494 e. The summed E-state index contributed by atoms with van der Waals surface area (Å²) >= 11 is 0. The Morgan fingerprint density at radius 1 is 1.29 bits per heavy atom. The van der Waals surface area contributed by atoms with Gasteiger partial charge in [0.2, 0.25) is 5.91 Å². The molecule has 1 atom stereocenters. The third kappa shape index (κ3) is 6.76. The van der Waals surface area contributed by atoms with E-state index in [1.807, 2.05) is 24.3 Å². The van der Waals surface area contributed by atoms with Crippen LogP contribution < -0.4 is 15.4 Å². The quantitative estimate of drug-likeness (QED) is 0.548. The van der Waals surface area contributed by atoms with Crippen LogP contribution >= 0.6 is 12.4 Å². The molecule has 1 aliphatic rings. The lowest BCUT2D eigenvalue weighted by Gasteiger charge is -2.11. The highest BCUT2D eigenvalue weighted by Crippen LogP contribution is 2.13. The zero-order chi connectivity index (χ0) is 16.5. The predicted octanol–water partition coefficient (Wildman–Crippen LogP) is 1.81. The van der Waals surface area contributed by atoms with E-state index >= 15 is 0 Å². The van der Waals surface area contributed by atoms with Crippen LogP contribution in [0.25, 0.3) is 0 Å². The Morgan fingerprint density at radius 2 is 2.04 bits per heavy atom. The van der Waals surface area contributed by atoms with Crippen molar-refractivity contribution in [1.82, 2.24) is 10.6 Å². The Kier molecular flexibility index (Phi) is 9.19. The van der Waals surface area contributed by atoms with Crippen LogP contribution in [0.15, 0.2) is 24.3 Å². The highest BCUT2D eigenvalue weighted by Gasteiger charge is 2.21. The predicted molar refractivity (Wildman–Crippen MR) is 93.3 cm³/mol. The zero-order valence-corrected chi connectivity index (χ0v) is 14.7. The topological polar surface area (TPSA) is 76.7 Å². The average molecular weight is 357 g/mol. The summed E-state index contributed by atoms with van der Waals surface area (Å²) < 4.78 is 10.1. The Labute approximate surface area is 148 Å². The number of hydrogen-bond donors (Lipinski definition) is 2. The zero-order valence-electron chi connectivity index (χ0n) is 13.9. The lowest BCUT2D eigenvalue weighted by atomic mass is 10.2. The van der Waals surface area contributed by atoms with E-state index in [-0.39, 0.29) is 30.3 Å². The van der Waals surface area contributed by atoms with E-state index in [4.69, 9.17) is 4.74 Å². The first-order valence-corrected chi connectivity index (χ1v) is 7.98. The van der Waals surface area contributed by atoms with Gasteiger partial charge >= 0.3 is 5.97 Å². The second-order valence-corrected chi connectivity index (χ2v) is 5.54. The van der Waals surface area contributed by atoms with E-state index in [9.17, 15) is 9.59 Å². The van der Waals surface area contributed by atoms with Crippen LogP contribution in [-0.4, -0.2) is 38.2 Å². The van der Waals surface area contributed by atoms with Gasteiger partial charge in [0.15, 0.2) is 0 Å². The van der Waals surface area contributed by atoms with Gasteiger partial charge in [-0.2, -0.15) is 0 Å². The average Bonchev–Trinajstić information content (AvgIpc) is 3.12. The smallest absolute Gasteiger partial charge is 0.305 e. The van der Waals surface area contributed by atoms with E-state index < -0.39 is 0 Å². The number of methoxy groups -OCH3 is 1. The fourth-order valence-electron chi connectivity index (χ4n) is 2.43. The van der Waals surface area contributed by atoms with Gasteiger partial charge in [-0.05, 0) is 43.5 Å². The summed E-state index contributed by atoms with van der Waals surface area (Å²) in [6, 6.07) is 7.55. The van der Waals surface area contributed by atoms with Crippen LogP contribution in [0.4, 0.5) is 0 Å². The number of amides is 1. The third-order valence-corrected chi connectivity index (χ3v) is 3.79. The number of benzene rings is 1. The van der Waals surface area contributed by atoms with Crippen LogP contribution in [0, 0.1) is 0 Å². The SMILES string of the molecule is COC(=O)CCCOc1ccc(CNC(=O)C2CCCN2)cc1.Cl. The fraction of sp³-hybridized carbons (Fsp3) is 0.529. The number of carbonyl (C=O) groups is 2. The fourth-order valence-corrected chi connectivity index (χ4v) is 2.43. The maximum atomic E-state index is 11.9. The molecule has 0 spiro atoms. The van der Waals surface area contributed by atoms with Gasteiger partial charge in [0, 0.05) is 13.0 Å². The first kappa shape index (κ1) is 20.3. The van der Waals surface area contributed by atoms with Crippen molar-refractivity contribution in [3.05, 3.63) is 29.8 Å². The van der Waals surface area contributed by atoms with Crippen molar-refractivity contribution >= 4 is 24.3 Å². The molecule has 0 radical (unpaired) electrons. The maximum absolute atomic E-state index is 11.9. The molecule has 0 saturated carbocycles. The Balaban J connectivity index is 0.00000288. The summed E-state index contributed by atoms with van der Waals surface area (Å²) in [5.41, 5.74) is 1.03. The van der Waals surface area contributed by atoms with Gasteiger partial charge < -0.3 is 20.1 Å². The molecule has 1 unspecified atom stereocenters. The van der Waals surface area contributed by atoms with Crippen molar-refractivity contribution in [3.8, 4) is 5.75 Å². The maximum Gasteiger partial charge on any atom is 0.305 e. The van der Waals surface area contributed by atoms with E-state index in [1.165, 1.54) is 7.11 Å². The molecule has 0 aromatic heterocycles. The monoisotopic (exact) mass is 356 g/mol. The molecular weight excluding hydrogens is 332 g/mol. The van der Waals surface area contributed by atoms with Crippen LogP contribution in [0.2, 0.25) is 0 Å². The van der Waals surface area contributed by atoms with Gasteiger partial charge in [0.05, 0.1) is 19.8 Å². The van der Waals surface area contributed by atoms with Gasteiger partial charge in [-0.15, -0.1) is 12.4 Å². The lowest BCUT2D eigenvalue weighted by molar-refractivity contribution is -0.140. The van der Waals surface area contributed by atoms with Crippen molar-refractivity contribution < 1.29 is 19.1 Å². The van der Waals surface area contributed by atoms with Crippen molar-refractivity contribution in [2.45, 2.75) is 38.3 Å². The molecule has 1 amide bonds. The molecule has 0 aliphatic carbocycles. The molecule has 1 fully saturated rings. The van der Waals surface area contributed by atoms with Crippen molar-refractivity contribution in [1.29, 1.82) is 0 Å². The molecule has 7 heteroatoms. The van der Waals surface area contributed by atoms with Gasteiger partial charge in [-0.1, -0.05) is 12.1 Å². The van der Waals surface area contributed by atoms with E-state index in [1.54, 1.807) is 0 Å². The number of halogens is 1.